The molecule has 1 saturated heterocycles. The first-order valence-electron chi connectivity index (χ1n) is 10.6. The second kappa shape index (κ2) is 8.67. The summed E-state index contributed by atoms with van der Waals surface area (Å²) in [7, 11) is 3.76. The summed E-state index contributed by atoms with van der Waals surface area (Å²) in [5.74, 6) is 0.949. The van der Waals surface area contributed by atoms with Gasteiger partial charge in [-0.15, -0.1) is 10.2 Å². The summed E-state index contributed by atoms with van der Waals surface area (Å²) in [5, 5.41) is 23.1. The van der Waals surface area contributed by atoms with E-state index in [-0.39, 0.29) is 16.8 Å². The predicted molar refractivity (Wildman–Crippen MR) is 128 cm³/mol. The highest BCUT2D eigenvalue weighted by molar-refractivity contribution is 6.09. The summed E-state index contributed by atoms with van der Waals surface area (Å²) >= 11 is 0. The lowest BCUT2D eigenvalue weighted by molar-refractivity contribution is 0.160. The number of hydrogen-bond donors (Lipinski definition) is 3. The van der Waals surface area contributed by atoms with E-state index in [9.17, 15) is 5.11 Å². The molecule has 1 aromatic heterocycles. The zero-order valence-electron chi connectivity index (χ0n) is 19.3. The molecule has 0 bridgehead atoms. The molecule has 0 unspecified atom stereocenters. The van der Waals surface area contributed by atoms with Crippen LogP contribution in [0.15, 0.2) is 41.5 Å². The molecule has 166 valence electrons. The third-order valence-electron chi connectivity index (χ3n) is 5.78. The van der Waals surface area contributed by atoms with Crippen molar-refractivity contribution in [2.45, 2.75) is 57.7 Å². The van der Waals surface area contributed by atoms with Crippen molar-refractivity contribution in [3.05, 3.63) is 42.1 Å². The van der Waals surface area contributed by atoms with Gasteiger partial charge in [0.15, 0.2) is 5.82 Å². The minimum atomic E-state index is 0.0564. The average molecular weight is 423 g/mol. The van der Waals surface area contributed by atoms with Crippen molar-refractivity contribution in [3.8, 4) is 17.0 Å². The number of aliphatic imine (C=N–C) groups is 1. The molecule has 0 amide bonds. The number of allylic oxidation sites excluding steroid dienone is 1. The third-order valence-corrected chi connectivity index (χ3v) is 5.78. The maximum absolute atomic E-state index is 10.6. The summed E-state index contributed by atoms with van der Waals surface area (Å²) in [5.41, 5.74) is 8.54. The molecule has 1 fully saturated rings. The summed E-state index contributed by atoms with van der Waals surface area (Å²) in [6, 6.07) is 9.60. The molecule has 1 aliphatic heterocycles. The second-order valence-corrected chi connectivity index (χ2v) is 9.58. The smallest absolute Gasteiger partial charge is 0.151 e. The van der Waals surface area contributed by atoms with Crippen LogP contribution in [0, 0.1) is 0 Å². The molecule has 2 heterocycles. The van der Waals surface area contributed by atoms with E-state index < -0.39 is 0 Å². The Morgan fingerprint density at radius 3 is 2.35 bits per heavy atom. The second-order valence-electron chi connectivity index (χ2n) is 9.58. The van der Waals surface area contributed by atoms with Crippen LogP contribution in [-0.2, 0) is 0 Å². The standard InChI is InChI=1S/C24H34N6O/c1-23(2)12-18(13-24(3,4)29-23)30(6)22-10-9-20(27-28-22)19-8-7-16(11-21(19)31)17(14-25)15-26-5/h7-11,14-15,18,29,31H,12-13,25H2,1-6H3. The number of aromatic hydroxyl groups is 1. The molecule has 4 N–H and O–H groups in total. The number of nitrogens with two attached hydrogens (primary N) is 1. The minimum absolute atomic E-state index is 0.0564. The lowest BCUT2D eigenvalue weighted by Gasteiger charge is -2.49. The number of hydrogen-bond acceptors (Lipinski definition) is 7. The minimum Gasteiger partial charge on any atom is -0.507 e. The van der Waals surface area contributed by atoms with Crippen molar-refractivity contribution in [1.82, 2.24) is 15.5 Å². The number of nitrogens with zero attached hydrogens (tertiary/aromatic N) is 4. The molecule has 7 heteroatoms. The van der Waals surface area contributed by atoms with Gasteiger partial charge in [-0.2, -0.15) is 0 Å². The molecule has 2 aromatic rings. The predicted octanol–water partition coefficient (Wildman–Crippen LogP) is 3.59. The van der Waals surface area contributed by atoms with Crippen LogP contribution in [-0.4, -0.2) is 52.7 Å². The van der Waals surface area contributed by atoms with Gasteiger partial charge in [-0.1, -0.05) is 6.07 Å². The number of piperidine rings is 1. The Labute approximate surface area is 185 Å². The SMILES string of the molecule is CN=CC(=CN)c1ccc(-c2ccc(N(C)C3CC(C)(C)NC(C)(C)C3)nn2)c(O)c1. The van der Waals surface area contributed by atoms with Gasteiger partial charge >= 0.3 is 0 Å². The first-order valence-corrected chi connectivity index (χ1v) is 10.6. The van der Waals surface area contributed by atoms with Crippen LogP contribution >= 0.6 is 0 Å². The molecule has 1 aromatic carbocycles. The van der Waals surface area contributed by atoms with Crippen molar-refractivity contribution in [2.75, 3.05) is 19.0 Å². The number of rotatable bonds is 5. The molecule has 0 saturated carbocycles. The Hall–Kier alpha value is -2.93. The summed E-state index contributed by atoms with van der Waals surface area (Å²) in [6.07, 6.45) is 5.17. The fourth-order valence-electron chi connectivity index (χ4n) is 4.67. The Morgan fingerprint density at radius 1 is 1.16 bits per heavy atom. The highest BCUT2D eigenvalue weighted by atomic mass is 16.3. The Morgan fingerprint density at radius 2 is 1.84 bits per heavy atom. The van der Waals surface area contributed by atoms with E-state index in [4.69, 9.17) is 5.73 Å². The number of nitrogens with one attached hydrogen (secondary N) is 1. The number of phenolic OH excluding ortho intramolecular Hbond substituents is 1. The largest absolute Gasteiger partial charge is 0.507 e. The van der Waals surface area contributed by atoms with E-state index in [1.54, 1.807) is 19.3 Å². The van der Waals surface area contributed by atoms with Crippen molar-refractivity contribution < 1.29 is 5.11 Å². The van der Waals surface area contributed by atoms with Crippen LogP contribution in [0.1, 0.15) is 46.1 Å². The van der Waals surface area contributed by atoms with Crippen LogP contribution in [0.5, 0.6) is 5.75 Å². The zero-order valence-corrected chi connectivity index (χ0v) is 19.3. The summed E-state index contributed by atoms with van der Waals surface area (Å²) < 4.78 is 0. The summed E-state index contributed by atoms with van der Waals surface area (Å²) in [4.78, 5) is 6.20. The van der Waals surface area contributed by atoms with Crippen molar-refractivity contribution in [2.24, 2.45) is 10.7 Å². The molecule has 1 aliphatic rings. The molecule has 0 radical (unpaired) electrons. The van der Waals surface area contributed by atoms with Crippen LogP contribution in [0.4, 0.5) is 5.82 Å². The van der Waals surface area contributed by atoms with E-state index in [1.165, 1.54) is 6.20 Å². The first kappa shape index (κ1) is 22.7. The normalized spacial score (nSPS) is 19.0. The fourth-order valence-corrected chi connectivity index (χ4v) is 4.67. The van der Waals surface area contributed by atoms with E-state index in [0.29, 0.717) is 17.3 Å². The van der Waals surface area contributed by atoms with Gasteiger partial charge in [0.2, 0.25) is 0 Å². The molecule has 31 heavy (non-hydrogen) atoms. The van der Waals surface area contributed by atoms with E-state index in [1.807, 2.05) is 24.3 Å². The van der Waals surface area contributed by atoms with Gasteiger partial charge in [0.05, 0.1) is 5.69 Å². The highest BCUT2D eigenvalue weighted by Crippen LogP contribution is 2.34. The molecule has 0 atom stereocenters. The molecule has 3 rings (SSSR count). The lowest BCUT2D eigenvalue weighted by Crippen LogP contribution is -2.62. The number of anilines is 1. The van der Waals surface area contributed by atoms with Gasteiger partial charge in [0.25, 0.3) is 0 Å². The first-order chi connectivity index (χ1) is 14.5. The quantitative estimate of drug-likeness (QED) is 0.637. The molecule has 7 nitrogen and oxygen atoms in total. The number of phenols is 1. The Bertz CT molecular complexity index is 962. The number of aromatic nitrogens is 2. The van der Waals surface area contributed by atoms with Gasteiger partial charge < -0.3 is 21.1 Å². The monoisotopic (exact) mass is 422 g/mol. The maximum Gasteiger partial charge on any atom is 0.151 e. The van der Waals surface area contributed by atoms with E-state index in [0.717, 1.165) is 29.8 Å². The topological polar surface area (TPSA) is 99.7 Å². The fraction of sp³-hybridized carbons (Fsp3) is 0.458. The molecule has 0 spiro atoms. The zero-order chi connectivity index (χ0) is 22.8. The van der Waals surface area contributed by atoms with Gasteiger partial charge in [0.1, 0.15) is 5.75 Å². The molecular formula is C24H34N6O. The van der Waals surface area contributed by atoms with Gasteiger partial charge in [-0.25, -0.2) is 0 Å². The molecule has 0 aliphatic carbocycles. The van der Waals surface area contributed by atoms with Crippen molar-refractivity contribution >= 4 is 17.6 Å². The Balaban J connectivity index is 1.82. The number of benzene rings is 1. The van der Waals surface area contributed by atoms with Gasteiger partial charge in [-0.05, 0) is 70.4 Å². The highest BCUT2D eigenvalue weighted by Gasteiger charge is 2.39. The van der Waals surface area contributed by atoms with Crippen LogP contribution in [0.25, 0.3) is 16.8 Å². The lowest BCUT2D eigenvalue weighted by atomic mass is 9.79. The summed E-state index contributed by atoms with van der Waals surface area (Å²) in [6.45, 7) is 8.97. The Kier molecular flexibility index (Phi) is 6.36. The average Bonchev–Trinajstić information content (AvgIpc) is 2.69. The van der Waals surface area contributed by atoms with Crippen LogP contribution in [0.3, 0.4) is 0 Å². The van der Waals surface area contributed by atoms with Gasteiger partial charge in [-0.3, -0.25) is 4.99 Å². The van der Waals surface area contributed by atoms with E-state index in [2.05, 4.69) is 60.1 Å². The van der Waals surface area contributed by atoms with Crippen LogP contribution in [0.2, 0.25) is 0 Å². The molecular weight excluding hydrogens is 388 g/mol. The van der Waals surface area contributed by atoms with Gasteiger partial charge in [0, 0.05) is 54.8 Å². The third kappa shape index (κ3) is 5.22. The van der Waals surface area contributed by atoms with E-state index >= 15 is 0 Å². The van der Waals surface area contributed by atoms with Crippen LogP contribution < -0.4 is 16.0 Å². The maximum atomic E-state index is 10.6. The van der Waals surface area contributed by atoms with Crippen molar-refractivity contribution in [3.63, 3.8) is 0 Å². The van der Waals surface area contributed by atoms with Crippen molar-refractivity contribution in [1.29, 1.82) is 0 Å².